The van der Waals surface area contributed by atoms with Gasteiger partial charge in [-0.2, -0.15) is 8.42 Å². The lowest BCUT2D eigenvalue weighted by Gasteiger charge is -2.09. The molecule has 0 amide bonds. The third-order valence-corrected chi connectivity index (χ3v) is 4.26. The monoisotopic (exact) mass is 294 g/mol. The van der Waals surface area contributed by atoms with Gasteiger partial charge in [-0.3, -0.25) is 4.72 Å². The van der Waals surface area contributed by atoms with Crippen molar-refractivity contribution in [2.24, 2.45) is 0 Å². The van der Waals surface area contributed by atoms with E-state index in [1.54, 1.807) is 29.7 Å². The van der Waals surface area contributed by atoms with E-state index >= 15 is 0 Å². The fourth-order valence-electron chi connectivity index (χ4n) is 1.90. The molecule has 0 aliphatic rings. The Morgan fingerprint density at radius 2 is 2.05 bits per heavy atom. The van der Waals surface area contributed by atoms with E-state index < -0.39 is 10.0 Å². The van der Waals surface area contributed by atoms with Crippen molar-refractivity contribution in [2.45, 2.75) is 32.3 Å². The van der Waals surface area contributed by atoms with E-state index in [9.17, 15) is 8.42 Å². The highest BCUT2D eigenvalue weighted by molar-refractivity contribution is 7.92. The largest absolute Gasteiger partial charge is 0.397 e. The van der Waals surface area contributed by atoms with E-state index in [2.05, 4.69) is 9.71 Å². The highest BCUT2D eigenvalue weighted by atomic mass is 32.2. The average Bonchev–Trinajstić information content (AvgIpc) is 2.75. The number of rotatable bonds is 4. The zero-order chi connectivity index (χ0) is 14.9. The Bertz CT molecular complexity index is 735. The van der Waals surface area contributed by atoms with Gasteiger partial charge in [0.05, 0.1) is 11.4 Å². The Kier molecular flexibility index (Phi) is 3.71. The van der Waals surface area contributed by atoms with Gasteiger partial charge >= 0.3 is 0 Å². The average molecular weight is 294 g/mol. The van der Waals surface area contributed by atoms with E-state index in [4.69, 9.17) is 5.73 Å². The molecule has 0 spiro atoms. The molecule has 7 heteroatoms. The summed E-state index contributed by atoms with van der Waals surface area (Å²) in [5, 5.41) is -0.00294. The Morgan fingerprint density at radius 1 is 1.35 bits per heavy atom. The highest BCUT2D eigenvalue weighted by Gasteiger charge is 2.19. The SMILES string of the molecule is CCn1cc(S(=O)(=O)Nc2ccc(C)cc2N)nc1C. The lowest BCUT2D eigenvalue weighted by molar-refractivity contribution is 0.598. The molecule has 1 aromatic heterocycles. The number of hydrogen-bond donors (Lipinski definition) is 2. The maximum Gasteiger partial charge on any atom is 0.281 e. The summed E-state index contributed by atoms with van der Waals surface area (Å²) in [5.41, 5.74) is 7.53. The molecule has 0 bridgehead atoms. The van der Waals surface area contributed by atoms with Crippen LogP contribution in [0.15, 0.2) is 29.4 Å². The van der Waals surface area contributed by atoms with Crippen LogP contribution in [0.1, 0.15) is 18.3 Å². The number of sulfonamides is 1. The first-order valence-corrected chi connectivity index (χ1v) is 7.74. The van der Waals surface area contributed by atoms with Gasteiger partial charge in [0.2, 0.25) is 0 Å². The predicted molar refractivity (Wildman–Crippen MR) is 79.0 cm³/mol. The summed E-state index contributed by atoms with van der Waals surface area (Å²) in [4.78, 5) is 4.07. The minimum absolute atomic E-state index is 0.00294. The number of nitrogen functional groups attached to an aromatic ring is 1. The molecule has 1 heterocycles. The Hall–Kier alpha value is -2.02. The molecule has 0 aliphatic heterocycles. The van der Waals surface area contributed by atoms with Crippen molar-refractivity contribution >= 4 is 21.4 Å². The minimum atomic E-state index is -3.72. The van der Waals surface area contributed by atoms with Crippen molar-refractivity contribution in [1.82, 2.24) is 9.55 Å². The number of nitrogens with two attached hydrogens (primary N) is 1. The van der Waals surface area contributed by atoms with Crippen molar-refractivity contribution < 1.29 is 8.42 Å². The molecule has 0 saturated carbocycles. The third kappa shape index (κ3) is 2.77. The summed E-state index contributed by atoms with van der Waals surface area (Å²) in [6.07, 6.45) is 1.52. The summed E-state index contributed by atoms with van der Waals surface area (Å²) >= 11 is 0. The van der Waals surface area contributed by atoms with Crippen molar-refractivity contribution in [3.8, 4) is 0 Å². The fraction of sp³-hybridized carbons (Fsp3) is 0.308. The van der Waals surface area contributed by atoms with E-state index in [0.29, 0.717) is 23.7 Å². The maximum atomic E-state index is 12.3. The highest BCUT2D eigenvalue weighted by Crippen LogP contribution is 2.23. The van der Waals surface area contributed by atoms with Gasteiger partial charge in [0, 0.05) is 12.7 Å². The van der Waals surface area contributed by atoms with Crippen molar-refractivity contribution in [3.63, 3.8) is 0 Å². The predicted octanol–water partition coefficient (Wildman–Crippen LogP) is 1.90. The second-order valence-electron chi connectivity index (χ2n) is 4.61. The number of anilines is 2. The van der Waals surface area contributed by atoms with Gasteiger partial charge in [-0.25, -0.2) is 4.98 Å². The summed E-state index contributed by atoms with van der Waals surface area (Å²) in [5.74, 6) is 0.657. The molecule has 6 nitrogen and oxygen atoms in total. The molecule has 20 heavy (non-hydrogen) atoms. The Morgan fingerprint density at radius 3 is 2.60 bits per heavy atom. The molecule has 1 aromatic carbocycles. The molecule has 2 rings (SSSR count). The molecule has 3 N–H and O–H groups in total. The number of benzene rings is 1. The summed E-state index contributed by atoms with van der Waals surface area (Å²) in [6.45, 7) is 6.25. The quantitative estimate of drug-likeness (QED) is 0.843. The topological polar surface area (TPSA) is 90.0 Å². The number of aryl methyl sites for hydroxylation is 3. The van der Waals surface area contributed by atoms with Crippen LogP contribution < -0.4 is 10.5 Å². The molecule has 0 fully saturated rings. The molecule has 0 radical (unpaired) electrons. The normalized spacial score (nSPS) is 11.6. The van der Waals surface area contributed by atoms with Crippen LogP contribution in [-0.2, 0) is 16.6 Å². The lowest BCUT2D eigenvalue weighted by atomic mass is 10.2. The molecule has 0 atom stereocenters. The first kappa shape index (κ1) is 14.4. The first-order valence-electron chi connectivity index (χ1n) is 6.26. The van der Waals surface area contributed by atoms with Crippen LogP contribution in [0.2, 0.25) is 0 Å². The third-order valence-electron chi connectivity index (χ3n) is 3.02. The summed E-state index contributed by atoms with van der Waals surface area (Å²) in [7, 11) is -3.72. The Balaban J connectivity index is 2.35. The van der Waals surface area contributed by atoms with Gasteiger partial charge < -0.3 is 10.3 Å². The van der Waals surface area contributed by atoms with Crippen LogP contribution in [-0.4, -0.2) is 18.0 Å². The zero-order valence-electron chi connectivity index (χ0n) is 11.7. The number of aromatic nitrogens is 2. The standard InChI is InChI=1S/C13H18N4O2S/c1-4-17-8-13(15-10(17)3)20(18,19)16-12-6-5-9(2)7-11(12)14/h5-8,16H,4,14H2,1-3H3. The van der Waals surface area contributed by atoms with Gasteiger partial charge in [0.1, 0.15) is 5.82 Å². The van der Waals surface area contributed by atoms with Crippen LogP contribution in [0.3, 0.4) is 0 Å². The maximum absolute atomic E-state index is 12.3. The Labute approximate surface area is 118 Å². The van der Waals surface area contributed by atoms with E-state index in [0.717, 1.165) is 5.56 Å². The van der Waals surface area contributed by atoms with Crippen LogP contribution >= 0.6 is 0 Å². The fourth-order valence-corrected chi connectivity index (χ4v) is 3.00. The van der Waals surface area contributed by atoms with Crippen molar-refractivity contribution in [2.75, 3.05) is 10.5 Å². The van der Waals surface area contributed by atoms with Crippen LogP contribution in [0.4, 0.5) is 11.4 Å². The summed E-state index contributed by atoms with van der Waals surface area (Å²) < 4.78 is 28.8. The molecule has 2 aromatic rings. The molecule has 0 unspecified atom stereocenters. The smallest absolute Gasteiger partial charge is 0.281 e. The minimum Gasteiger partial charge on any atom is -0.397 e. The van der Waals surface area contributed by atoms with Crippen LogP contribution in [0.25, 0.3) is 0 Å². The molecular formula is C13H18N4O2S. The van der Waals surface area contributed by atoms with E-state index in [1.165, 1.54) is 6.20 Å². The molecule has 0 saturated heterocycles. The number of hydrogen-bond acceptors (Lipinski definition) is 4. The second-order valence-corrected chi connectivity index (χ2v) is 6.24. The van der Waals surface area contributed by atoms with Crippen molar-refractivity contribution in [3.05, 3.63) is 35.8 Å². The summed E-state index contributed by atoms with van der Waals surface area (Å²) in [6, 6.07) is 5.16. The van der Waals surface area contributed by atoms with Crippen LogP contribution in [0, 0.1) is 13.8 Å². The first-order chi connectivity index (χ1) is 9.33. The van der Waals surface area contributed by atoms with Gasteiger partial charge in [-0.1, -0.05) is 6.07 Å². The number of imidazole rings is 1. The number of nitrogens with zero attached hydrogens (tertiary/aromatic N) is 2. The van der Waals surface area contributed by atoms with Crippen molar-refractivity contribution in [1.29, 1.82) is 0 Å². The van der Waals surface area contributed by atoms with Gasteiger partial charge in [-0.05, 0) is 38.5 Å². The molecular weight excluding hydrogens is 276 g/mol. The van der Waals surface area contributed by atoms with E-state index in [1.807, 2.05) is 13.8 Å². The molecule has 0 aliphatic carbocycles. The zero-order valence-corrected chi connectivity index (χ0v) is 12.5. The lowest BCUT2D eigenvalue weighted by Crippen LogP contribution is -2.14. The van der Waals surface area contributed by atoms with E-state index in [-0.39, 0.29) is 5.03 Å². The molecule has 108 valence electrons. The van der Waals surface area contributed by atoms with Crippen LogP contribution in [0.5, 0.6) is 0 Å². The number of nitrogens with one attached hydrogen (secondary N) is 1. The van der Waals surface area contributed by atoms with Gasteiger partial charge in [-0.15, -0.1) is 0 Å². The van der Waals surface area contributed by atoms with Gasteiger partial charge in [0.15, 0.2) is 5.03 Å². The second kappa shape index (κ2) is 5.16. The van der Waals surface area contributed by atoms with Gasteiger partial charge in [0.25, 0.3) is 10.0 Å².